The van der Waals surface area contributed by atoms with Crippen molar-refractivity contribution in [3.63, 3.8) is 0 Å². The molecule has 2 aromatic heterocycles. The van der Waals surface area contributed by atoms with E-state index in [0.717, 1.165) is 17.8 Å². The molecular weight excluding hydrogens is 474 g/mol. The molecule has 4 rings (SSSR count). The second kappa shape index (κ2) is 11.3. The molecule has 0 bridgehead atoms. The number of nitrogens with one attached hydrogen (secondary N) is 1. The Morgan fingerprint density at radius 1 is 1.11 bits per heavy atom. The maximum Gasteiger partial charge on any atom is 0.281 e. The molecule has 36 heavy (non-hydrogen) atoms. The normalized spacial score (nSPS) is 12.1. The van der Waals surface area contributed by atoms with Gasteiger partial charge >= 0.3 is 0 Å². The van der Waals surface area contributed by atoms with Crippen molar-refractivity contribution in [2.75, 3.05) is 19.0 Å². The Balaban J connectivity index is 1.87. The van der Waals surface area contributed by atoms with E-state index in [2.05, 4.69) is 17.0 Å². The fourth-order valence-electron chi connectivity index (χ4n) is 4.27. The summed E-state index contributed by atoms with van der Waals surface area (Å²) in [5, 5.41) is 4.01. The third kappa shape index (κ3) is 5.21. The standard InChI is InChI=1S/C28H30ClN5O2/c1-4-5-11-20(30-2)16-17-33-25(19-32(3)21-12-7-6-8-13-21)27-23(18-26(33)35)31-34(28(27)36)24-15-10-9-14-22(24)29/h5-15,18,31H,4,16-17,19H2,1-3H3/b11-5-,30-20?. The van der Waals surface area contributed by atoms with Crippen molar-refractivity contribution < 1.29 is 0 Å². The maximum atomic E-state index is 13.7. The fraction of sp³-hybridized carbons (Fsp3) is 0.250. The number of hydrogen-bond acceptors (Lipinski definition) is 4. The molecule has 0 spiro atoms. The lowest BCUT2D eigenvalue weighted by Gasteiger charge is -2.22. The molecule has 1 N–H and O–H groups in total. The van der Waals surface area contributed by atoms with Gasteiger partial charge in [0, 0.05) is 44.5 Å². The van der Waals surface area contributed by atoms with Crippen LogP contribution in [0.1, 0.15) is 25.5 Å². The molecule has 0 atom stereocenters. The van der Waals surface area contributed by atoms with Crippen molar-refractivity contribution >= 4 is 33.9 Å². The molecule has 0 saturated carbocycles. The number of hydrogen-bond donors (Lipinski definition) is 1. The zero-order chi connectivity index (χ0) is 25.7. The minimum absolute atomic E-state index is 0.179. The lowest BCUT2D eigenvalue weighted by atomic mass is 10.1. The molecule has 0 aliphatic rings. The van der Waals surface area contributed by atoms with Gasteiger partial charge in [-0.25, -0.2) is 4.68 Å². The Bertz CT molecular complexity index is 1530. The zero-order valence-electron chi connectivity index (χ0n) is 20.7. The van der Waals surface area contributed by atoms with E-state index in [9.17, 15) is 9.59 Å². The van der Waals surface area contributed by atoms with Gasteiger partial charge in [0.15, 0.2) is 0 Å². The average molecular weight is 504 g/mol. The van der Waals surface area contributed by atoms with Crippen LogP contribution in [0.3, 0.4) is 0 Å². The molecule has 8 heteroatoms. The van der Waals surface area contributed by atoms with Crippen LogP contribution in [0.5, 0.6) is 0 Å². The quantitative estimate of drug-likeness (QED) is 0.319. The third-order valence-corrected chi connectivity index (χ3v) is 6.49. The van der Waals surface area contributed by atoms with Crippen LogP contribution in [-0.4, -0.2) is 34.2 Å². The molecule has 0 amide bonds. The highest BCUT2D eigenvalue weighted by Gasteiger charge is 2.20. The SMILES string of the molecule is CC/C=C\C(CCn1c(CN(C)c2ccccc2)c2c(=O)n(-c3ccccc3Cl)[nH]c2cc1=O)=NC. The van der Waals surface area contributed by atoms with Crippen LogP contribution >= 0.6 is 11.6 Å². The third-order valence-electron chi connectivity index (χ3n) is 6.17. The lowest BCUT2D eigenvalue weighted by molar-refractivity contribution is 0.651. The van der Waals surface area contributed by atoms with E-state index in [0.29, 0.717) is 46.8 Å². The topological polar surface area (TPSA) is 75.4 Å². The highest BCUT2D eigenvalue weighted by atomic mass is 35.5. The number of allylic oxidation sites excluding steroid dienone is 2. The number of benzene rings is 2. The molecule has 0 unspecified atom stereocenters. The van der Waals surface area contributed by atoms with Gasteiger partial charge in [-0.05, 0) is 36.8 Å². The fourth-order valence-corrected chi connectivity index (χ4v) is 4.49. The molecule has 4 aromatic rings. The average Bonchev–Trinajstić information content (AvgIpc) is 3.21. The largest absolute Gasteiger partial charge is 0.369 e. The number of pyridine rings is 1. The zero-order valence-corrected chi connectivity index (χ0v) is 21.5. The summed E-state index contributed by atoms with van der Waals surface area (Å²) in [5.74, 6) is 0. The van der Waals surface area contributed by atoms with Crippen molar-refractivity contribution in [1.82, 2.24) is 14.3 Å². The molecule has 7 nitrogen and oxygen atoms in total. The molecule has 2 heterocycles. The lowest BCUT2D eigenvalue weighted by Crippen LogP contribution is -2.29. The van der Waals surface area contributed by atoms with Crippen LogP contribution in [0.4, 0.5) is 5.69 Å². The predicted octanol–water partition coefficient (Wildman–Crippen LogP) is 5.20. The number of fused-ring (bicyclic) bond motifs is 1. The van der Waals surface area contributed by atoms with Gasteiger partial charge in [0.1, 0.15) is 0 Å². The number of halogens is 1. The number of anilines is 1. The molecule has 0 saturated heterocycles. The summed E-state index contributed by atoms with van der Waals surface area (Å²) in [6.45, 7) is 2.84. The number of aromatic nitrogens is 3. The highest BCUT2D eigenvalue weighted by molar-refractivity contribution is 6.32. The first-order valence-electron chi connectivity index (χ1n) is 11.9. The highest BCUT2D eigenvalue weighted by Crippen LogP contribution is 2.22. The number of nitrogens with zero attached hydrogens (tertiary/aromatic N) is 4. The number of para-hydroxylation sites is 2. The van der Waals surface area contributed by atoms with E-state index < -0.39 is 0 Å². The predicted molar refractivity (Wildman–Crippen MR) is 149 cm³/mol. The second-order valence-electron chi connectivity index (χ2n) is 8.54. The van der Waals surface area contributed by atoms with Gasteiger partial charge in [-0.15, -0.1) is 0 Å². The summed E-state index contributed by atoms with van der Waals surface area (Å²) in [6.07, 6.45) is 5.51. The van der Waals surface area contributed by atoms with Crippen molar-refractivity contribution in [2.45, 2.75) is 32.9 Å². The Labute approximate surface area is 215 Å². The van der Waals surface area contributed by atoms with E-state index >= 15 is 0 Å². The van der Waals surface area contributed by atoms with Gasteiger partial charge in [0.05, 0.1) is 33.9 Å². The van der Waals surface area contributed by atoms with E-state index in [1.807, 2.05) is 66.6 Å². The van der Waals surface area contributed by atoms with Gasteiger partial charge in [-0.1, -0.05) is 54.9 Å². The van der Waals surface area contributed by atoms with Crippen molar-refractivity contribution in [3.8, 4) is 5.69 Å². The van der Waals surface area contributed by atoms with Crippen LogP contribution in [-0.2, 0) is 13.1 Å². The first-order chi connectivity index (χ1) is 17.4. The monoisotopic (exact) mass is 503 g/mol. The molecule has 0 radical (unpaired) electrons. The molecule has 186 valence electrons. The minimum atomic E-state index is -0.251. The summed E-state index contributed by atoms with van der Waals surface area (Å²) < 4.78 is 3.10. The van der Waals surface area contributed by atoms with Crippen LogP contribution < -0.4 is 16.0 Å². The maximum absolute atomic E-state index is 13.7. The Morgan fingerprint density at radius 3 is 2.53 bits per heavy atom. The second-order valence-corrected chi connectivity index (χ2v) is 8.95. The number of aromatic amines is 1. The molecule has 2 aromatic carbocycles. The first kappa shape index (κ1) is 25.3. The smallest absolute Gasteiger partial charge is 0.281 e. The Hall–Kier alpha value is -3.84. The van der Waals surface area contributed by atoms with Crippen LogP contribution in [0.25, 0.3) is 16.6 Å². The van der Waals surface area contributed by atoms with Gasteiger partial charge in [-0.3, -0.25) is 19.7 Å². The van der Waals surface area contributed by atoms with E-state index in [1.165, 1.54) is 10.7 Å². The van der Waals surface area contributed by atoms with Crippen LogP contribution in [0.15, 0.2) is 87.4 Å². The molecule has 0 aliphatic heterocycles. The van der Waals surface area contributed by atoms with Gasteiger partial charge < -0.3 is 9.47 Å². The Kier molecular flexibility index (Phi) is 7.90. The number of aliphatic imine (C=N–C) groups is 1. The van der Waals surface area contributed by atoms with Gasteiger partial charge in [-0.2, -0.15) is 0 Å². The minimum Gasteiger partial charge on any atom is -0.369 e. The van der Waals surface area contributed by atoms with Gasteiger partial charge in [0.25, 0.3) is 11.1 Å². The van der Waals surface area contributed by atoms with Crippen LogP contribution in [0.2, 0.25) is 5.02 Å². The number of H-pyrrole nitrogens is 1. The van der Waals surface area contributed by atoms with Crippen molar-refractivity contribution in [2.24, 2.45) is 4.99 Å². The van der Waals surface area contributed by atoms with Crippen molar-refractivity contribution in [1.29, 1.82) is 0 Å². The summed E-state index contributed by atoms with van der Waals surface area (Å²) in [4.78, 5) is 33.5. The van der Waals surface area contributed by atoms with E-state index in [-0.39, 0.29) is 11.1 Å². The van der Waals surface area contributed by atoms with Crippen LogP contribution in [0, 0.1) is 0 Å². The summed E-state index contributed by atoms with van der Waals surface area (Å²) in [5.41, 5.74) is 3.11. The molecule has 0 aliphatic carbocycles. The molecular formula is C28H30ClN5O2. The summed E-state index contributed by atoms with van der Waals surface area (Å²) in [6, 6.07) is 18.5. The number of rotatable bonds is 9. The van der Waals surface area contributed by atoms with E-state index in [4.69, 9.17) is 11.6 Å². The summed E-state index contributed by atoms with van der Waals surface area (Å²) >= 11 is 6.39. The van der Waals surface area contributed by atoms with Gasteiger partial charge in [0.2, 0.25) is 0 Å². The Morgan fingerprint density at radius 2 is 1.83 bits per heavy atom. The summed E-state index contributed by atoms with van der Waals surface area (Å²) in [7, 11) is 3.70. The van der Waals surface area contributed by atoms with E-state index in [1.54, 1.807) is 23.7 Å². The first-order valence-corrected chi connectivity index (χ1v) is 12.3. The molecule has 0 fully saturated rings. The van der Waals surface area contributed by atoms with Crippen molar-refractivity contribution in [3.05, 3.63) is 104 Å².